The Morgan fingerprint density at radius 3 is 2.55 bits per heavy atom. The Morgan fingerprint density at radius 2 is 1.91 bits per heavy atom. The van der Waals surface area contributed by atoms with Crippen LogP contribution >= 0.6 is 11.6 Å². The molecule has 1 saturated heterocycles. The third-order valence-corrected chi connectivity index (χ3v) is 4.67. The van der Waals surface area contributed by atoms with Crippen LogP contribution in [0.2, 0.25) is 5.02 Å². The van der Waals surface area contributed by atoms with Crippen LogP contribution in [0.5, 0.6) is 0 Å². The maximum absolute atomic E-state index is 5.97. The summed E-state index contributed by atoms with van der Waals surface area (Å²) >= 11 is 5.97. The van der Waals surface area contributed by atoms with Gasteiger partial charge in [-0.2, -0.15) is 4.68 Å². The lowest BCUT2D eigenvalue weighted by molar-refractivity contribution is -0.0240. The van der Waals surface area contributed by atoms with Crippen LogP contribution in [0.4, 0.5) is 0 Å². The molecule has 2 heterocycles. The highest BCUT2D eigenvalue weighted by atomic mass is 35.5. The Balaban J connectivity index is 1.99. The molecule has 2 aromatic rings. The van der Waals surface area contributed by atoms with Crippen LogP contribution in [-0.2, 0) is 10.3 Å². The maximum atomic E-state index is 5.97. The first kappa shape index (κ1) is 15.4. The van der Waals surface area contributed by atoms with Gasteiger partial charge >= 0.3 is 0 Å². The standard InChI is InChI=1S/C15H20ClN5O/c1-3-15(2,20-8-10-22-11-9-20)14-17-18-19-21(14)13-6-4-12(16)5-7-13/h4-7H,3,8-11H2,1-2H3/t15-/m1/s1. The Bertz CT molecular complexity index is 623. The van der Waals surface area contributed by atoms with E-state index < -0.39 is 0 Å². The molecule has 22 heavy (non-hydrogen) atoms. The molecule has 0 radical (unpaired) electrons. The molecule has 1 aromatic carbocycles. The molecule has 1 aliphatic heterocycles. The van der Waals surface area contributed by atoms with E-state index in [1.165, 1.54) is 0 Å². The second-order valence-corrected chi connectivity index (χ2v) is 6.05. The zero-order chi connectivity index (χ0) is 15.6. The average molecular weight is 322 g/mol. The largest absolute Gasteiger partial charge is 0.379 e. The first-order chi connectivity index (χ1) is 10.6. The second-order valence-electron chi connectivity index (χ2n) is 5.62. The minimum absolute atomic E-state index is 0.229. The van der Waals surface area contributed by atoms with E-state index in [-0.39, 0.29) is 5.54 Å². The Morgan fingerprint density at radius 1 is 1.23 bits per heavy atom. The van der Waals surface area contributed by atoms with Crippen LogP contribution in [0.1, 0.15) is 26.1 Å². The summed E-state index contributed by atoms with van der Waals surface area (Å²) in [4.78, 5) is 2.40. The maximum Gasteiger partial charge on any atom is 0.176 e. The van der Waals surface area contributed by atoms with Crippen molar-refractivity contribution < 1.29 is 4.74 Å². The van der Waals surface area contributed by atoms with E-state index in [1.807, 2.05) is 24.3 Å². The minimum atomic E-state index is -0.229. The molecule has 3 rings (SSSR count). The van der Waals surface area contributed by atoms with E-state index in [0.29, 0.717) is 5.02 Å². The summed E-state index contributed by atoms with van der Waals surface area (Å²) in [7, 11) is 0. The average Bonchev–Trinajstić information content (AvgIpc) is 3.06. The number of hydrogen-bond donors (Lipinski definition) is 0. The van der Waals surface area contributed by atoms with Crippen molar-refractivity contribution in [1.82, 2.24) is 25.1 Å². The molecule has 1 fully saturated rings. The summed E-state index contributed by atoms with van der Waals surface area (Å²) in [6, 6.07) is 7.55. The van der Waals surface area contributed by atoms with Gasteiger partial charge in [0.25, 0.3) is 0 Å². The quantitative estimate of drug-likeness (QED) is 0.864. The van der Waals surface area contributed by atoms with Gasteiger partial charge in [0.15, 0.2) is 5.82 Å². The van der Waals surface area contributed by atoms with Crippen LogP contribution in [0.3, 0.4) is 0 Å². The number of rotatable bonds is 4. The van der Waals surface area contributed by atoms with Crippen LogP contribution in [-0.4, -0.2) is 51.4 Å². The molecule has 7 heteroatoms. The summed E-state index contributed by atoms with van der Waals surface area (Å²) in [5.74, 6) is 0.847. The van der Waals surface area contributed by atoms with Crippen molar-refractivity contribution in [2.75, 3.05) is 26.3 Å². The van der Waals surface area contributed by atoms with Crippen molar-refractivity contribution in [2.24, 2.45) is 0 Å². The molecular weight excluding hydrogens is 302 g/mol. The molecule has 0 bridgehead atoms. The van der Waals surface area contributed by atoms with E-state index >= 15 is 0 Å². The molecule has 0 amide bonds. The SMILES string of the molecule is CC[C@](C)(c1nnnn1-c1ccc(Cl)cc1)N1CCOCC1. The molecule has 0 spiro atoms. The minimum Gasteiger partial charge on any atom is -0.379 e. The number of benzene rings is 1. The molecule has 1 aromatic heterocycles. The molecule has 0 aliphatic carbocycles. The second kappa shape index (κ2) is 6.32. The van der Waals surface area contributed by atoms with E-state index in [1.54, 1.807) is 4.68 Å². The monoisotopic (exact) mass is 321 g/mol. The van der Waals surface area contributed by atoms with Gasteiger partial charge in [0, 0.05) is 18.1 Å². The molecular formula is C15H20ClN5O. The van der Waals surface area contributed by atoms with E-state index in [2.05, 4.69) is 34.3 Å². The highest BCUT2D eigenvalue weighted by Gasteiger charge is 2.38. The van der Waals surface area contributed by atoms with Gasteiger partial charge in [-0.25, -0.2) is 0 Å². The molecule has 1 atom stereocenters. The number of morpholine rings is 1. The lowest BCUT2D eigenvalue weighted by Gasteiger charge is -2.41. The first-order valence-electron chi connectivity index (χ1n) is 7.53. The molecule has 118 valence electrons. The predicted octanol–water partition coefficient (Wildman–Crippen LogP) is 2.27. The van der Waals surface area contributed by atoms with Crippen molar-refractivity contribution in [1.29, 1.82) is 0 Å². The summed E-state index contributed by atoms with van der Waals surface area (Å²) < 4.78 is 7.27. The Hall–Kier alpha value is -1.50. The van der Waals surface area contributed by atoms with Crippen molar-refractivity contribution in [3.05, 3.63) is 35.1 Å². The number of hydrogen-bond acceptors (Lipinski definition) is 5. The topological polar surface area (TPSA) is 56.1 Å². The Kier molecular flexibility index (Phi) is 4.42. The third-order valence-electron chi connectivity index (χ3n) is 4.42. The number of aromatic nitrogens is 4. The fourth-order valence-electron chi connectivity index (χ4n) is 2.86. The molecule has 6 nitrogen and oxygen atoms in total. The lowest BCUT2D eigenvalue weighted by Crippen LogP contribution is -2.50. The summed E-state index contributed by atoms with van der Waals surface area (Å²) in [6.45, 7) is 7.62. The van der Waals surface area contributed by atoms with Gasteiger partial charge in [-0.3, -0.25) is 4.90 Å². The van der Waals surface area contributed by atoms with Gasteiger partial charge in [-0.15, -0.1) is 5.10 Å². The number of ether oxygens (including phenoxy) is 1. The Labute approximate surface area is 135 Å². The fourth-order valence-corrected chi connectivity index (χ4v) is 2.99. The summed E-state index contributed by atoms with van der Waals surface area (Å²) in [6.07, 6.45) is 0.918. The van der Waals surface area contributed by atoms with Crippen molar-refractivity contribution in [3.8, 4) is 5.69 Å². The van der Waals surface area contributed by atoms with Crippen molar-refractivity contribution in [2.45, 2.75) is 25.8 Å². The third kappa shape index (κ3) is 2.74. The van der Waals surface area contributed by atoms with Gasteiger partial charge in [0.05, 0.1) is 24.4 Å². The normalized spacial score (nSPS) is 19.0. The highest BCUT2D eigenvalue weighted by Crippen LogP contribution is 2.31. The highest BCUT2D eigenvalue weighted by molar-refractivity contribution is 6.30. The van der Waals surface area contributed by atoms with Crippen molar-refractivity contribution >= 4 is 11.6 Å². The van der Waals surface area contributed by atoms with Gasteiger partial charge in [-0.1, -0.05) is 18.5 Å². The summed E-state index contributed by atoms with van der Waals surface area (Å²) in [5, 5.41) is 13.1. The lowest BCUT2D eigenvalue weighted by atomic mass is 9.94. The van der Waals surface area contributed by atoms with Crippen molar-refractivity contribution in [3.63, 3.8) is 0 Å². The van der Waals surface area contributed by atoms with Gasteiger partial charge in [0.1, 0.15) is 0 Å². The van der Waals surface area contributed by atoms with Crippen LogP contribution < -0.4 is 0 Å². The van der Waals surface area contributed by atoms with E-state index in [0.717, 1.165) is 44.2 Å². The number of halogens is 1. The van der Waals surface area contributed by atoms with Gasteiger partial charge in [-0.05, 0) is 48.0 Å². The number of nitrogens with zero attached hydrogens (tertiary/aromatic N) is 5. The van der Waals surface area contributed by atoms with Crippen LogP contribution in [0.25, 0.3) is 5.69 Å². The zero-order valence-electron chi connectivity index (χ0n) is 12.9. The zero-order valence-corrected chi connectivity index (χ0v) is 13.6. The number of tetrazole rings is 1. The molecule has 0 N–H and O–H groups in total. The molecule has 0 unspecified atom stereocenters. The summed E-state index contributed by atoms with van der Waals surface area (Å²) in [5.41, 5.74) is 0.685. The van der Waals surface area contributed by atoms with Gasteiger partial charge < -0.3 is 4.74 Å². The molecule has 0 saturated carbocycles. The van der Waals surface area contributed by atoms with E-state index in [4.69, 9.17) is 16.3 Å². The smallest absolute Gasteiger partial charge is 0.176 e. The molecule has 1 aliphatic rings. The predicted molar refractivity (Wildman–Crippen MR) is 84.2 cm³/mol. The van der Waals surface area contributed by atoms with Crippen LogP contribution in [0, 0.1) is 0 Å². The van der Waals surface area contributed by atoms with Crippen LogP contribution in [0.15, 0.2) is 24.3 Å². The van der Waals surface area contributed by atoms with Gasteiger partial charge in [0.2, 0.25) is 0 Å². The first-order valence-corrected chi connectivity index (χ1v) is 7.90. The van der Waals surface area contributed by atoms with E-state index in [9.17, 15) is 0 Å². The fraction of sp³-hybridized carbons (Fsp3) is 0.533.